The normalized spacial score (nSPS) is 17.4. The molecule has 1 aliphatic rings. The highest BCUT2D eigenvalue weighted by molar-refractivity contribution is 7.88. The van der Waals surface area contributed by atoms with Crippen molar-refractivity contribution in [1.82, 2.24) is 4.72 Å². The minimum atomic E-state index is -3.64. The number of nitrogens with one attached hydrogen (secondary N) is 1. The van der Waals surface area contributed by atoms with Gasteiger partial charge in [-0.15, -0.1) is 0 Å². The zero-order chi connectivity index (χ0) is 18.7. The molecule has 1 heterocycles. The van der Waals surface area contributed by atoms with E-state index in [0.717, 1.165) is 0 Å². The van der Waals surface area contributed by atoms with E-state index in [2.05, 4.69) is 4.72 Å². The van der Waals surface area contributed by atoms with Gasteiger partial charge in [-0.1, -0.05) is 23.7 Å². The summed E-state index contributed by atoms with van der Waals surface area (Å²) in [6.45, 7) is 0.179. The van der Waals surface area contributed by atoms with Crippen LogP contribution in [0, 0.1) is 5.82 Å². The molecule has 138 valence electrons. The van der Waals surface area contributed by atoms with Crippen LogP contribution in [0.25, 0.3) is 0 Å². The van der Waals surface area contributed by atoms with E-state index < -0.39 is 28.0 Å². The molecule has 26 heavy (non-hydrogen) atoms. The number of rotatable bonds is 6. The van der Waals surface area contributed by atoms with Crippen LogP contribution >= 0.6 is 11.6 Å². The lowest BCUT2D eigenvalue weighted by molar-refractivity contribution is 0.143. The molecule has 0 bridgehead atoms. The summed E-state index contributed by atoms with van der Waals surface area (Å²) < 4.78 is 44.8. The van der Waals surface area contributed by atoms with E-state index in [1.807, 2.05) is 0 Å². The molecule has 1 unspecified atom stereocenters. The molecule has 1 amide bonds. The van der Waals surface area contributed by atoms with Gasteiger partial charge < -0.3 is 4.74 Å². The summed E-state index contributed by atoms with van der Waals surface area (Å²) in [5, 5.41) is 0.548. The number of sulfonamides is 1. The molecule has 0 aliphatic carbocycles. The number of carbonyl (C=O) groups is 1. The Morgan fingerprint density at radius 1 is 1.15 bits per heavy atom. The van der Waals surface area contributed by atoms with E-state index in [4.69, 9.17) is 16.3 Å². The van der Waals surface area contributed by atoms with Crippen molar-refractivity contribution >= 4 is 33.4 Å². The molecule has 2 aromatic rings. The fourth-order valence-corrected chi connectivity index (χ4v) is 3.83. The van der Waals surface area contributed by atoms with Gasteiger partial charge in [-0.25, -0.2) is 22.3 Å². The fourth-order valence-electron chi connectivity index (χ4n) is 2.53. The van der Waals surface area contributed by atoms with Gasteiger partial charge >= 0.3 is 6.09 Å². The van der Waals surface area contributed by atoms with Crippen LogP contribution in [-0.2, 0) is 20.5 Å². The molecule has 1 aliphatic heterocycles. The number of benzene rings is 2. The molecule has 1 atom stereocenters. The second kappa shape index (κ2) is 7.61. The number of cyclic esters (lactones) is 1. The summed E-state index contributed by atoms with van der Waals surface area (Å²) in [5.41, 5.74) is 1.08. The van der Waals surface area contributed by atoms with Gasteiger partial charge in [0, 0.05) is 17.3 Å². The van der Waals surface area contributed by atoms with Crippen LogP contribution in [0.5, 0.6) is 0 Å². The van der Waals surface area contributed by atoms with Crippen LogP contribution in [0.3, 0.4) is 0 Å². The maximum Gasteiger partial charge on any atom is 0.414 e. The number of nitrogens with zero attached hydrogens (tertiary/aromatic N) is 1. The quantitative estimate of drug-likeness (QED) is 0.811. The van der Waals surface area contributed by atoms with Crippen LogP contribution < -0.4 is 9.62 Å². The Kier molecular flexibility index (Phi) is 5.45. The third-order valence-corrected chi connectivity index (χ3v) is 5.39. The highest BCUT2D eigenvalue weighted by Gasteiger charge is 2.33. The topological polar surface area (TPSA) is 75.7 Å². The maximum absolute atomic E-state index is 12.9. The van der Waals surface area contributed by atoms with Crippen molar-refractivity contribution in [2.75, 3.05) is 18.0 Å². The van der Waals surface area contributed by atoms with Gasteiger partial charge in [-0.05, 0) is 42.0 Å². The second-order valence-electron chi connectivity index (χ2n) is 5.83. The van der Waals surface area contributed by atoms with Crippen molar-refractivity contribution in [2.24, 2.45) is 0 Å². The average Bonchev–Trinajstić information content (AvgIpc) is 2.97. The molecule has 1 saturated heterocycles. The summed E-state index contributed by atoms with van der Waals surface area (Å²) in [5.74, 6) is -0.714. The van der Waals surface area contributed by atoms with E-state index >= 15 is 0 Å². The number of hydrogen-bond donors (Lipinski definition) is 1. The molecule has 3 rings (SSSR count). The average molecular weight is 399 g/mol. The molecule has 1 fully saturated rings. The van der Waals surface area contributed by atoms with Crippen molar-refractivity contribution in [2.45, 2.75) is 11.9 Å². The number of hydrogen-bond acceptors (Lipinski definition) is 4. The van der Waals surface area contributed by atoms with Crippen LogP contribution in [-0.4, -0.2) is 33.7 Å². The zero-order valence-electron chi connectivity index (χ0n) is 13.6. The Bertz CT molecular complexity index is 888. The largest absolute Gasteiger partial charge is 0.443 e. The SMILES string of the molecule is O=C1OC(CNS(=O)(=O)Cc2ccc(F)cc2)CN1c1ccc(Cl)cc1. The molecule has 0 aromatic heterocycles. The molecule has 0 spiro atoms. The number of carbonyl (C=O) groups excluding carboxylic acids is 1. The summed E-state index contributed by atoms with van der Waals surface area (Å²) >= 11 is 5.83. The predicted octanol–water partition coefficient (Wildman–Crippen LogP) is 2.92. The lowest BCUT2D eigenvalue weighted by atomic mass is 10.2. The minimum absolute atomic E-state index is 0.0423. The summed E-state index contributed by atoms with van der Waals surface area (Å²) in [4.78, 5) is 13.4. The van der Waals surface area contributed by atoms with Crippen molar-refractivity contribution in [3.05, 3.63) is 64.9 Å². The monoisotopic (exact) mass is 398 g/mol. The van der Waals surface area contributed by atoms with Gasteiger partial charge in [0.05, 0.1) is 12.3 Å². The smallest absolute Gasteiger partial charge is 0.414 e. The Morgan fingerprint density at radius 3 is 2.46 bits per heavy atom. The first kappa shape index (κ1) is 18.6. The van der Waals surface area contributed by atoms with E-state index in [-0.39, 0.29) is 18.8 Å². The highest BCUT2D eigenvalue weighted by Crippen LogP contribution is 2.23. The summed E-state index contributed by atoms with van der Waals surface area (Å²) in [6.07, 6.45) is -1.16. The molecule has 6 nitrogen and oxygen atoms in total. The van der Waals surface area contributed by atoms with Gasteiger partial charge in [-0.2, -0.15) is 0 Å². The maximum atomic E-state index is 12.9. The molecule has 9 heteroatoms. The minimum Gasteiger partial charge on any atom is -0.443 e. The predicted molar refractivity (Wildman–Crippen MR) is 96.1 cm³/mol. The fraction of sp³-hybridized carbons (Fsp3) is 0.235. The molecule has 2 aromatic carbocycles. The van der Waals surface area contributed by atoms with Gasteiger partial charge in [0.1, 0.15) is 11.9 Å². The van der Waals surface area contributed by atoms with E-state index in [1.165, 1.54) is 29.2 Å². The third-order valence-electron chi connectivity index (χ3n) is 3.81. The standard InChI is InChI=1S/C17H16ClFN2O4S/c18-13-3-7-15(8-4-13)21-10-16(25-17(21)22)9-20-26(23,24)11-12-1-5-14(19)6-2-12/h1-8,16,20H,9-11H2. The van der Waals surface area contributed by atoms with E-state index in [0.29, 0.717) is 16.3 Å². The Labute approximate surface area is 155 Å². The lowest BCUT2D eigenvalue weighted by Gasteiger charge is -2.13. The van der Waals surface area contributed by atoms with Gasteiger partial charge in [-0.3, -0.25) is 4.90 Å². The Balaban J connectivity index is 1.57. The summed E-state index contributed by atoms with van der Waals surface area (Å²) in [7, 11) is -3.64. The number of amides is 1. The van der Waals surface area contributed by atoms with E-state index in [1.54, 1.807) is 24.3 Å². The highest BCUT2D eigenvalue weighted by atomic mass is 35.5. The summed E-state index contributed by atoms with van der Waals surface area (Å²) in [6, 6.07) is 11.9. The Hall–Kier alpha value is -2.16. The van der Waals surface area contributed by atoms with Crippen LogP contribution in [0.15, 0.2) is 48.5 Å². The van der Waals surface area contributed by atoms with Crippen molar-refractivity contribution in [3.63, 3.8) is 0 Å². The van der Waals surface area contributed by atoms with Gasteiger partial charge in [0.25, 0.3) is 0 Å². The molecular weight excluding hydrogens is 383 g/mol. The van der Waals surface area contributed by atoms with E-state index in [9.17, 15) is 17.6 Å². The zero-order valence-corrected chi connectivity index (χ0v) is 15.1. The van der Waals surface area contributed by atoms with Crippen LogP contribution in [0.4, 0.5) is 14.9 Å². The van der Waals surface area contributed by atoms with Gasteiger partial charge in [0.2, 0.25) is 10.0 Å². The second-order valence-corrected chi connectivity index (χ2v) is 8.07. The molecular formula is C17H16ClFN2O4S. The van der Waals surface area contributed by atoms with Crippen molar-refractivity contribution in [3.8, 4) is 0 Å². The Morgan fingerprint density at radius 2 is 1.81 bits per heavy atom. The lowest BCUT2D eigenvalue weighted by Crippen LogP contribution is -2.35. The number of anilines is 1. The van der Waals surface area contributed by atoms with Crippen LogP contribution in [0.1, 0.15) is 5.56 Å². The molecule has 1 N–H and O–H groups in total. The van der Waals surface area contributed by atoms with Crippen LogP contribution in [0.2, 0.25) is 5.02 Å². The number of ether oxygens (including phenoxy) is 1. The number of halogens is 2. The first-order valence-electron chi connectivity index (χ1n) is 7.78. The third kappa shape index (κ3) is 4.72. The van der Waals surface area contributed by atoms with Gasteiger partial charge in [0.15, 0.2) is 0 Å². The van der Waals surface area contributed by atoms with Crippen molar-refractivity contribution < 1.29 is 22.3 Å². The first-order valence-corrected chi connectivity index (χ1v) is 9.81. The molecule has 0 saturated carbocycles. The molecule has 0 radical (unpaired) electrons. The van der Waals surface area contributed by atoms with Crippen molar-refractivity contribution in [1.29, 1.82) is 0 Å². The first-order chi connectivity index (χ1) is 12.3.